The predicted molar refractivity (Wildman–Crippen MR) is 106 cm³/mol. The lowest BCUT2D eigenvalue weighted by atomic mass is 10.1. The van der Waals surface area contributed by atoms with Crippen LogP contribution in [0.3, 0.4) is 0 Å². The van der Waals surface area contributed by atoms with Gasteiger partial charge in [0.1, 0.15) is 5.75 Å². The van der Waals surface area contributed by atoms with E-state index in [4.69, 9.17) is 4.74 Å². The Kier molecular flexibility index (Phi) is 6.05. The predicted octanol–water partition coefficient (Wildman–Crippen LogP) is 4.97. The third kappa shape index (κ3) is 4.51. The van der Waals surface area contributed by atoms with Crippen LogP contribution < -0.4 is 9.64 Å². The van der Waals surface area contributed by atoms with Crippen molar-refractivity contribution in [2.75, 3.05) is 18.1 Å². The smallest absolute Gasteiger partial charge is 0.258 e. The molecule has 3 rings (SSSR count). The van der Waals surface area contributed by atoms with Crippen molar-refractivity contribution in [3.05, 3.63) is 96.1 Å². The Morgan fingerprint density at radius 1 is 0.885 bits per heavy atom. The second kappa shape index (κ2) is 8.86. The summed E-state index contributed by atoms with van der Waals surface area (Å²) >= 11 is 0. The van der Waals surface area contributed by atoms with Crippen LogP contribution in [-0.2, 0) is 6.42 Å². The fourth-order valence-electron chi connectivity index (χ4n) is 2.86. The Bertz CT molecular complexity index is 831. The van der Waals surface area contributed by atoms with Gasteiger partial charge in [-0.1, -0.05) is 54.6 Å². The highest BCUT2D eigenvalue weighted by atomic mass is 16.5. The third-order valence-electron chi connectivity index (χ3n) is 4.21. The second-order valence-corrected chi connectivity index (χ2v) is 6.00. The fourth-order valence-corrected chi connectivity index (χ4v) is 2.86. The number of rotatable bonds is 7. The van der Waals surface area contributed by atoms with Crippen LogP contribution in [0.25, 0.3) is 0 Å². The zero-order chi connectivity index (χ0) is 18.2. The van der Waals surface area contributed by atoms with E-state index in [2.05, 4.69) is 12.1 Å². The number of benzene rings is 3. The van der Waals surface area contributed by atoms with Gasteiger partial charge in [0.2, 0.25) is 0 Å². The maximum atomic E-state index is 12.9. The average molecular weight is 345 g/mol. The molecule has 0 aromatic heterocycles. The first-order valence-electron chi connectivity index (χ1n) is 8.91. The molecule has 132 valence electrons. The highest BCUT2D eigenvalue weighted by Gasteiger charge is 2.16. The van der Waals surface area contributed by atoms with Gasteiger partial charge in [-0.25, -0.2) is 0 Å². The first-order chi connectivity index (χ1) is 12.8. The van der Waals surface area contributed by atoms with Crippen molar-refractivity contribution in [1.29, 1.82) is 0 Å². The van der Waals surface area contributed by atoms with Crippen molar-refractivity contribution in [2.45, 2.75) is 13.3 Å². The number of ether oxygens (including phenoxy) is 1. The molecule has 26 heavy (non-hydrogen) atoms. The molecule has 3 aromatic rings. The lowest BCUT2D eigenvalue weighted by molar-refractivity contribution is 0.0988. The molecular formula is C23H23NO2. The minimum absolute atomic E-state index is 0.0211. The van der Waals surface area contributed by atoms with Crippen LogP contribution in [0.15, 0.2) is 84.9 Å². The van der Waals surface area contributed by atoms with Crippen molar-refractivity contribution in [3.63, 3.8) is 0 Å². The van der Waals surface area contributed by atoms with Crippen molar-refractivity contribution >= 4 is 11.6 Å². The highest BCUT2D eigenvalue weighted by molar-refractivity contribution is 6.06. The van der Waals surface area contributed by atoms with E-state index in [0.29, 0.717) is 18.7 Å². The molecule has 0 atom stereocenters. The van der Waals surface area contributed by atoms with Gasteiger partial charge < -0.3 is 9.64 Å². The number of anilines is 1. The average Bonchev–Trinajstić information content (AvgIpc) is 2.70. The molecule has 0 heterocycles. The molecule has 3 aromatic carbocycles. The Balaban J connectivity index is 1.67. The van der Waals surface area contributed by atoms with Crippen molar-refractivity contribution in [1.82, 2.24) is 0 Å². The van der Waals surface area contributed by atoms with Crippen LogP contribution in [0.5, 0.6) is 5.75 Å². The Morgan fingerprint density at radius 3 is 2.27 bits per heavy atom. The van der Waals surface area contributed by atoms with Crippen LogP contribution >= 0.6 is 0 Å². The summed E-state index contributed by atoms with van der Waals surface area (Å²) in [6, 6.07) is 27.3. The number of carbonyl (C=O) groups is 1. The molecule has 1 amide bonds. The number of amides is 1. The molecule has 0 aliphatic carbocycles. The molecule has 3 heteroatoms. The first kappa shape index (κ1) is 17.7. The van der Waals surface area contributed by atoms with Gasteiger partial charge in [0.15, 0.2) is 0 Å². The van der Waals surface area contributed by atoms with E-state index in [0.717, 1.165) is 17.9 Å². The molecule has 0 spiro atoms. The molecular weight excluding hydrogens is 322 g/mol. The van der Waals surface area contributed by atoms with Crippen LogP contribution in [0.1, 0.15) is 22.8 Å². The minimum atomic E-state index is -0.0211. The maximum absolute atomic E-state index is 12.9. The lowest BCUT2D eigenvalue weighted by Crippen LogP contribution is -2.30. The summed E-state index contributed by atoms with van der Waals surface area (Å²) in [4.78, 5) is 14.7. The number of nitrogens with zero attached hydrogens (tertiary/aromatic N) is 1. The van der Waals surface area contributed by atoms with Crippen molar-refractivity contribution < 1.29 is 9.53 Å². The normalized spacial score (nSPS) is 10.3. The van der Waals surface area contributed by atoms with Crippen molar-refractivity contribution in [2.24, 2.45) is 0 Å². The number of hydrogen-bond acceptors (Lipinski definition) is 2. The molecule has 0 bridgehead atoms. The summed E-state index contributed by atoms with van der Waals surface area (Å²) < 4.78 is 5.85. The number of para-hydroxylation sites is 1. The van der Waals surface area contributed by atoms with Crippen molar-refractivity contribution in [3.8, 4) is 5.75 Å². The van der Waals surface area contributed by atoms with E-state index in [1.165, 1.54) is 5.56 Å². The zero-order valence-corrected chi connectivity index (χ0v) is 15.0. The molecule has 0 fully saturated rings. The standard InChI is InChI=1S/C23H23NO2/c1-2-24(21-13-7-4-8-14-21)23(25)20-12-9-15-22(18-20)26-17-16-19-10-5-3-6-11-19/h3-15,18H,2,16-17H2,1H3. The van der Waals surface area contributed by atoms with E-state index in [1.807, 2.05) is 79.7 Å². The van der Waals surface area contributed by atoms with Crippen LogP contribution in [0.4, 0.5) is 5.69 Å². The number of hydrogen-bond donors (Lipinski definition) is 0. The van der Waals surface area contributed by atoms with Gasteiger partial charge >= 0.3 is 0 Å². The largest absolute Gasteiger partial charge is 0.493 e. The molecule has 0 unspecified atom stereocenters. The van der Waals surface area contributed by atoms with Gasteiger partial charge in [-0.05, 0) is 42.8 Å². The summed E-state index contributed by atoms with van der Waals surface area (Å²) in [6.45, 7) is 3.17. The zero-order valence-electron chi connectivity index (χ0n) is 15.0. The van der Waals surface area contributed by atoms with Gasteiger partial charge in [0.05, 0.1) is 6.61 Å². The van der Waals surface area contributed by atoms with E-state index in [1.54, 1.807) is 4.90 Å². The summed E-state index contributed by atoms with van der Waals surface area (Å²) in [5.74, 6) is 0.697. The molecule has 0 aliphatic rings. The molecule has 0 aliphatic heterocycles. The first-order valence-corrected chi connectivity index (χ1v) is 8.91. The quantitative estimate of drug-likeness (QED) is 0.605. The topological polar surface area (TPSA) is 29.5 Å². The van der Waals surface area contributed by atoms with Gasteiger partial charge in [0.25, 0.3) is 5.91 Å². The van der Waals surface area contributed by atoms with E-state index in [9.17, 15) is 4.79 Å². The Hall–Kier alpha value is -3.07. The molecule has 0 saturated carbocycles. The lowest BCUT2D eigenvalue weighted by Gasteiger charge is -2.21. The molecule has 3 nitrogen and oxygen atoms in total. The van der Waals surface area contributed by atoms with Gasteiger partial charge in [-0.2, -0.15) is 0 Å². The summed E-state index contributed by atoms with van der Waals surface area (Å²) in [7, 11) is 0. The van der Waals surface area contributed by atoms with Crippen LogP contribution in [-0.4, -0.2) is 19.1 Å². The van der Waals surface area contributed by atoms with Crippen LogP contribution in [0, 0.1) is 0 Å². The fraction of sp³-hybridized carbons (Fsp3) is 0.174. The summed E-state index contributed by atoms with van der Waals surface area (Å²) in [5.41, 5.74) is 2.77. The van der Waals surface area contributed by atoms with E-state index in [-0.39, 0.29) is 5.91 Å². The van der Waals surface area contributed by atoms with E-state index >= 15 is 0 Å². The van der Waals surface area contributed by atoms with Gasteiger partial charge in [-0.3, -0.25) is 4.79 Å². The SMILES string of the molecule is CCN(C(=O)c1cccc(OCCc2ccccc2)c1)c1ccccc1. The van der Waals surface area contributed by atoms with Gasteiger partial charge in [0, 0.05) is 24.2 Å². The van der Waals surface area contributed by atoms with E-state index < -0.39 is 0 Å². The molecule has 0 saturated heterocycles. The molecule has 0 N–H and O–H groups in total. The summed E-state index contributed by atoms with van der Waals surface area (Å²) in [5, 5.41) is 0. The Labute approximate surface area is 154 Å². The highest BCUT2D eigenvalue weighted by Crippen LogP contribution is 2.20. The summed E-state index contributed by atoms with van der Waals surface area (Å²) in [6.07, 6.45) is 0.837. The minimum Gasteiger partial charge on any atom is -0.493 e. The second-order valence-electron chi connectivity index (χ2n) is 6.00. The third-order valence-corrected chi connectivity index (χ3v) is 4.21. The molecule has 0 radical (unpaired) electrons. The monoisotopic (exact) mass is 345 g/mol. The maximum Gasteiger partial charge on any atom is 0.258 e. The Morgan fingerprint density at radius 2 is 1.58 bits per heavy atom. The number of carbonyl (C=O) groups excluding carboxylic acids is 1. The van der Waals surface area contributed by atoms with Gasteiger partial charge in [-0.15, -0.1) is 0 Å². The van der Waals surface area contributed by atoms with Crippen LogP contribution in [0.2, 0.25) is 0 Å².